The minimum atomic E-state index is -0.106. The molecule has 0 heterocycles. The zero-order valence-corrected chi connectivity index (χ0v) is 14.7. The van der Waals surface area contributed by atoms with Crippen molar-refractivity contribution >= 4 is 17.5 Å². The van der Waals surface area contributed by atoms with Gasteiger partial charge in [-0.25, -0.2) is 0 Å². The Kier molecular flexibility index (Phi) is 5.74. The van der Waals surface area contributed by atoms with E-state index >= 15 is 0 Å². The summed E-state index contributed by atoms with van der Waals surface area (Å²) >= 11 is 0. The molecule has 0 radical (unpaired) electrons. The molecule has 4 heteroatoms. The number of anilines is 1. The van der Waals surface area contributed by atoms with Gasteiger partial charge in [-0.05, 0) is 37.1 Å². The van der Waals surface area contributed by atoms with E-state index in [1.807, 2.05) is 45.2 Å². The van der Waals surface area contributed by atoms with E-state index in [0.29, 0.717) is 6.42 Å². The third-order valence-corrected chi connectivity index (χ3v) is 4.16. The number of nitrogens with zero attached hydrogens (tertiary/aromatic N) is 1. The molecule has 126 valence electrons. The summed E-state index contributed by atoms with van der Waals surface area (Å²) in [5.74, 6) is -0.0409. The van der Waals surface area contributed by atoms with Crippen LogP contribution in [0.3, 0.4) is 0 Å². The van der Waals surface area contributed by atoms with Crippen molar-refractivity contribution in [1.29, 1.82) is 0 Å². The van der Waals surface area contributed by atoms with Crippen molar-refractivity contribution in [1.82, 2.24) is 4.90 Å². The standard InChI is InChI=1S/C20H24N2O2/c1-14-5-9-18(10-6-14)15(2)22(4)20(24)13-17-7-11-19(12-8-17)21-16(3)23/h5-12,15H,13H2,1-4H3,(H,21,23). The summed E-state index contributed by atoms with van der Waals surface area (Å²) in [5.41, 5.74) is 3.99. The third kappa shape index (κ3) is 4.69. The minimum absolute atomic E-state index is 0.0248. The number of benzene rings is 2. The van der Waals surface area contributed by atoms with Gasteiger partial charge in [-0.3, -0.25) is 9.59 Å². The number of amides is 2. The largest absolute Gasteiger partial charge is 0.339 e. The molecule has 0 aromatic heterocycles. The normalized spacial score (nSPS) is 11.7. The van der Waals surface area contributed by atoms with Gasteiger partial charge < -0.3 is 10.2 Å². The van der Waals surface area contributed by atoms with Crippen LogP contribution in [0.2, 0.25) is 0 Å². The molecule has 0 bridgehead atoms. The smallest absolute Gasteiger partial charge is 0.227 e. The number of hydrogen-bond donors (Lipinski definition) is 1. The third-order valence-electron chi connectivity index (χ3n) is 4.16. The van der Waals surface area contributed by atoms with Crippen LogP contribution < -0.4 is 5.32 Å². The molecule has 2 aromatic carbocycles. The summed E-state index contributed by atoms with van der Waals surface area (Å²) in [6.45, 7) is 5.55. The second-order valence-electron chi connectivity index (χ2n) is 6.15. The Morgan fingerprint density at radius 3 is 2.17 bits per heavy atom. The highest BCUT2D eigenvalue weighted by molar-refractivity contribution is 5.88. The van der Waals surface area contributed by atoms with E-state index in [9.17, 15) is 9.59 Å². The van der Waals surface area contributed by atoms with E-state index in [0.717, 1.165) is 16.8 Å². The fraction of sp³-hybridized carbons (Fsp3) is 0.300. The highest BCUT2D eigenvalue weighted by Crippen LogP contribution is 2.20. The van der Waals surface area contributed by atoms with Crippen molar-refractivity contribution in [2.45, 2.75) is 33.2 Å². The number of rotatable bonds is 5. The first-order valence-corrected chi connectivity index (χ1v) is 8.05. The monoisotopic (exact) mass is 324 g/mol. The van der Waals surface area contributed by atoms with Gasteiger partial charge in [0.1, 0.15) is 0 Å². The molecule has 0 aliphatic rings. The van der Waals surface area contributed by atoms with E-state index in [-0.39, 0.29) is 17.9 Å². The van der Waals surface area contributed by atoms with Gasteiger partial charge in [0.25, 0.3) is 0 Å². The van der Waals surface area contributed by atoms with Crippen LogP contribution in [0.1, 0.15) is 36.6 Å². The van der Waals surface area contributed by atoms with Crippen LogP contribution in [0.15, 0.2) is 48.5 Å². The van der Waals surface area contributed by atoms with E-state index in [1.165, 1.54) is 12.5 Å². The van der Waals surface area contributed by atoms with Crippen molar-refractivity contribution in [2.75, 3.05) is 12.4 Å². The second kappa shape index (κ2) is 7.77. The van der Waals surface area contributed by atoms with Gasteiger partial charge in [0, 0.05) is 19.7 Å². The Morgan fingerprint density at radius 2 is 1.62 bits per heavy atom. The van der Waals surface area contributed by atoms with Crippen molar-refractivity contribution in [3.05, 3.63) is 65.2 Å². The van der Waals surface area contributed by atoms with Gasteiger partial charge in [0.05, 0.1) is 12.5 Å². The lowest BCUT2D eigenvalue weighted by molar-refractivity contribution is -0.131. The molecule has 0 aliphatic heterocycles. The average molecular weight is 324 g/mol. The fourth-order valence-corrected chi connectivity index (χ4v) is 2.49. The minimum Gasteiger partial charge on any atom is -0.339 e. The Labute approximate surface area is 143 Å². The molecule has 2 rings (SSSR count). The molecule has 1 unspecified atom stereocenters. The number of carbonyl (C=O) groups excluding carboxylic acids is 2. The second-order valence-corrected chi connectivity index (χ2v) is 6.15. The molecule has 24 heavy (non-hydrogen) atoms. The lowest BCUT2D eigenvalue weighted by Crippen LogP contribution is -2.30. The molecular formula is C20H24N2O2. The maximum Gasteiger partial charge on any atom is 0.227 e. The van der Waals surface area contributed by atoms with E-state index in [1.54, 1.807) is 4.90 Å². The zero-order valence-electron chi connectivity index (χ0n) is 14.7. The quantitative estimate of drug-likeness (QED) is 0.911. The highest BCUT2D eigenvalue weighted by Gasteiger charge is 2.17. The highest BCUT2D eigenvalue weighted by atomic mass is 16.2. The van der Waals surface area contributed by atoms with Crippen LogP contribution in [0, 0.1) is 6.92 Å². The van der Waals surface area contributed by atoms with Crippen LogP contribution >= 0.6 is 0 Å². The number of likely N-dealkylation sites (N-methyl/N-ethyl adjacent to an activating group) is 1. The lowest BCUT2D eigenvalue weighted by atomic mass is 10.0. The van der Waals surface area contributed by atoms with Crippen LogP contribution in [0.4, 0.5) is 5.69 Å². The summed E-state index contributed by atoms with van der Waals surface area (Å²) in [6.07, 6.45) is 0.340. The van der Waals surface area contributed by atoms with Crippen molar-refractivity contribution in [3.8, 4) is 0 Å². The lowest BCUT2D eigenvalue weighted by Gasteiger charge is -2.25. The average Bonchev–Trinajstić information content (AvgIpc) is 2.55. The molecule has 1 atom stereocenters. The fourth-order valence-electron chi connectivity index (χ4n) is 2.49. The van der Waals surface area contributed by atoms with Crippen LogP contribution in [-0.4, -0.2) is 23.8 Å². The summed E-state index contributed by atoms with van der Waals surface area (Å²) < 4.78 is 0. The van der Waals surface area contributed by atoms with Crippen LogP contribution in [-0.2, 0) is 16.0 Å². The van der Waals surface area contributed by atoms with Crippen LogP contribution in [0.25, 0.3) is 0 Å². The first kappa shape index (κ1) is 17.7. The first-order chi connectivity index (χ1) is 11.4. The predicted octanol–water partition coefficient (Wildman–Crippen LogP) is 3.72. The molecule has 0 aliphatic carbocycles. The predicted molar refractivity (Wildman–Crippen MR) is 96.8 cm³/mol. The molecule has 2 aromatic rings. The number of carbonyl (C=O) groups is 2. The first-order valence-electron chi connectivity index (χ1n) is 8.05. The molecule has 4 nitrogen and oxygen atoms in total. The Bertz CT molecular complexity index is 705. The molecular weight excluding hydrogens is 300 g/mol. The maximum atomic E-state index is 12.5. The molecule has 0 saturated carbocycles. The van der Waals surface area contributed by atoms with Crippen molar-refractivity contribution in [3.63, 3.8) is 0 Å². The van der Waals surface area contributed by atoms with E-state index < -0.39 is 0 Å². The number of hydrogen-bond acceptors (Lipinski definition) is 2. The number of nitrogens with one attached hydrogen (secondary N) is 1. The van der Waals surface area contributed by atoms with E-state index in [2.05, 4.69) is 29.6 Å². The van der Waals surface area contributed by atoms with Crippen molar-refractivity contribution < 1.29 is 9.59 Å². The molecule has 2 amide bonds. The molecule has 0 saturated heterocycles. The van der Waals surface area contributed by atoms with Gasteiger partial charge in [0.2, 0.25) is 11.8 Å². The van der Waals surface area contributed by atoms with E-state index in [4.69, 9.17) is 0 Å². The van der Waals surface area contributed by atoms with Crippen LogP contribution in [0.5, 0.6) is 0 Å². The SMILES string of the molecule is CC(=O)Nc1ccc(CC(=O)N(C)C(C)c2ccc(C)cc2)cc1. The van der Waals surface area contributed by atoms with Gasteiger partial charge >= 0.3 is 0 Å². The van der Waals surface area contributed by atoms with Gasteiger partial charge in [0.15, 0.2) is 0 Å². The zero-order chi connectivity index (χ0) is 17.7. The topological polar surface area (TPSA) is 49.4 Å². The Hall–Kier alpha value is -2.62. The number of aryl methyl sites for hydroxylation is 1. The Balaban J connectivity index is 2.00. The summed E-state index contributed by atoms with van der Waals surface area (Å²) in [7, 11) is 1.83. The summed E-state index contributed by atoms with van der Waals surface area (Å²) in [4.78, 5) is 25.3. The van der Waals surface area contributed by atoms with Gasteiger partial charge in [-0.2, -0.15) is 0 Å². The summed E-state index contributed by atoms with van der Waals surface area (Å²) in [6, 6.07) is 15.6. The Morgan fingerprint density at radius 1 is 1.04 bits per heavy atom. The summed E-state index contributed by atoms with van der Waals surface area (Å²) in [5, 5.41) is 2.72. The molecule has 1 N–H and O–H groups in total. The maximum absolute atomic E-state index is 12.5. The van der Waals surface area contributed by atoms with Gasteiger partial charge in [-0.1, -0.05) is 42.0 Å². The molecule has 0 spiro atoms. The van der Waals surface area contributed by atoms with Gasteiger partial charge in [-0.15, -0.1) is 0 Å². The van der Waals surface area contributed by atoms with Crippen molar-refractivity contribution in [2.24, 2.45) is 0 Å². The molecule has 0 fully saturated rings.